The number of ketones is 1. The maximum atomic E-state index is 12.3. The molecule has 0 aliphatic heterocycles. The smallest absolute Gasteiger partial charge is 0.196 e. The Hall–Kier alpha value is -1.03. The van der Waals surface area contributed by atoms with Crippen LogP contribution in [0.5, 0.6) is 5.75 Å². The minimum absolute atomic E-state index is 0.0176. The van der Waals surface area contributed by atoms with Crippen LogP contribution < -0.4 is 0 Å². The predicted octanol–water partition coefficient (Wildman–Crippen LogP) is 4.69. The lowest BCUT2D eigenvalue weighted by Crippen LogP contribution is -2.03. The van der Waals surface area contributed by atoms with E-state index in [0.717, 1.165) is 4.47 Å². The van der Waals surface area contributed by atoms with E-state index in [-0.39, 0.29) is 22.1 Å². The number of aromatic hydroxyl groups is 1. The van der Waals surface area contributed by atoms with Crippen LogP contribution in [-0.2, 0) is 0 Å². The number of hydrogen-bond donors (Lipinski definition) is 1. The molecule has 0 radical (unpaired) electrons. The van der Waals surface area contributed by atoms with Gasteiger partial charge in [0.2, 0.25) is 0 Å². The van der Waals surface area contributed by atoms with Crippen LogP contribution in [0, 0.1) is 0 Å². The molecule has 0 bridgehead atoms. The van der Waals surface area contributed by atoms with Crippen LogP contribution in [0.4, 0.5) is 0 Å². The molecule has 0 unspecified atom stereocenters. The molecule has 18 heavy (non-hydrogen) atoms. The first-order valence-corrected chi connectivity index (χ1v) is 6.52. The molecule has 2 aromatic rings. The summed E-state index contributed by atoms with van der Waals surface area (Å²) in [6.45, 7) is 0. The molecule has 5 heteroatoms. The summed E-state index contributed by atoms with van der Waals surface area (Å²) in [6, 6.07) is 9.17. The van der Waals surface area contributed by atoms with Crippen molar-refractivity contribution < 1.29 is 9.90 Å². The Kier molecular flexibility index (Phi) is 3.95. The normalized spacial score (nSPS) is 10.4. The average molecular weight is 346 g/mol. The molecule has 92 valence electrons. The molecule has 1 N–H and O–H groups in total. The van der Waals surface area contributed by atoms with Gasteiger partial charge in [0.1, 0.15) is 5.75 Å². The summed E-state index contributed by atoms with van der Waals surface area (Å²) in [6.07, 6.45) is 0. The Morgan fingerprint density at radius 2 is 1.72 bits per heavy atom. The molecule has 0 amide bonds. The Balaban J connectivity index is 2.51. The summed E-state index contributed by atoms with van der Waals surface area (Å²) >= 11 is 15.2. The molecule has 2 rings (SSSR count). The van der Waals surface area contributed by atoms with Crippen molar-refractivity contribution in [3.8, 4) is 5.75 Å². The number of carbonyl (C=O) groups excluding carboxylic acids is 1. The van der Waals surface area contributed by atoms with Gasteiger partial charge in [0.15, 0.2) is 5.78 Å². The Labute approximate surface area is 122 Å². The molecule has 0 aliphatic rings. The van der Waals surface area contributed by atoms with Gasteiger partial charge in [-0.3, -0.25) is 4.79 Å². The number of rotatable bonds is 2. The topological polar surface area (TPSA) is 37.3 Å². The summed E-state index contributed by atoms with van der Waals surface area (Å²) in [4.78, 5) is 12.3. The average Bonchev–Trinajstić information content (AvgIpc) is 2.31. The molecule has 0 aromatic heterocycles. The zero-order valence-electron chi connectivity index (χ0n) is 8.95. The highest BCUT2D eigenvalue weighted by molar-refractivity contribution is 9.10. The van der Waals surface area contributed by atoms with E-state index in [0.29, 0.717) is 10.6 Å². The Bertz CT molecular complexity index is 626. The number of phenols is 1. The van der Waals surface area contributed by atoms with Gasteiger partial charge in [0, 0.05) is 15.6 Å². The molecule has 2 nitrogen and oxygen atoms in total. The van der Waals surface area contributed by atoms with Crippen LogP contribution in [0.3, 0.4) is 0 Å². The maximum Gasteiger partial charge on any atom is 0.196 e. The minimum Gasteiger partial charge on any atom is -0.508 e. The summed E-state index contributed by atoms with van der Waals surface area (Å²) in [5, 5.41) is 10.00. The fraction of sp³-hybridized carbons (Fsp3) is 0. The van der Waals surface area contributed by atoms with Gasteiger partial charge < -0.3 is 5.11 Å². The van der Waals surface area contributed by atoms with Crippen molar-refractivity contribution in [2.24, 2.45) is 0 Å². The highest BCUT2D eigenvalue weighted by atomic mass is 79.9. The first-order valence-electron chi connectivity index (χ1n) is 4.97. The van der Waals surface area contributed by atoms with Crippen LogP contribution >= 0.6 is 39.1 Å². The number of phenolic OH excluding ortho intramolecular Hbond substituents is 1. The van der Waals surface area contributed by atoms with Gasteiger partial charge in [0.25, 0.3) is 0 Å². The third kappa shape index (κ3) is 2.69. The van der Waals surface area contributed by atoms with E-state index in [2.05, 4.69) is 15.9 Å². The van der Waals surface area contributed by atoms with Gasteiger partial charge in [-0.2, -0.15) is 0 Å². The molecular weight excluding hydrogens is 339 g/mol. The van der Waals surface area contributed by atoms with E-state index in [4.69, 9.17) is 23.2 Å². The summed E-state index contributed by atoms with van der Waals surface area (Å²) in [5.41, 5.74) is 0.563. The van der Waals surface area contributed by atoms with Crippen molar-refractivity contribution in [3.63, 3.8) is 0 Å². The number of benzene rings is 2. The third-order valence-electron chi connectivity index (χ3n) is 2.37. The molecule has 0 saturated heterocycles. The summed E-state index contributed by atoms with van der Waals surface area (Å²) < 4.78 is 0.783. The van der Waals surface area contributed by atoms with Crippen LogP contribution in [0.15, 0.2) is 40.9 Å². The molecule has 0 atom stereocenters. The second kappa shape index (κ2) is 5.31. The lowest BCUT2D eigenvalue weighted by atomic mass is 10.0. The first kappa shape index (κ1) is 13.4. The lowest BCUT2D eigenvalue weighted by molar-refractivity contribution is 0.103. The summed E-state index contributed by atoms with van der Waals surface area (Å²) in [7, 11) is 0. The van der Waals surface area contributed by atoms with Gasteiger partial charge >= 0.3 is 0 Å². The Morgan fingerprint density at radius 3 is 2.39 bits per heavy atom. The van der Waals surface area contributed by atoms with E-state index < -0.39 is 0 Å². The quantitative estimate of drug-likeness (QED) is 0.801. The van der Waals surface area contributed by atoms with Crippen LogP contribution in [-0.4, -0.2) is 10.9 Å². The fourth-order valence-corrected chi connectivity index (χ4v) is 2.47. The minimum atomic E-state index is -0.326. The molecule has 0 saturated carbocycles. The highest BCUT2D eigenvalue weighted by Gasteiger charge is 2.16. The zero-order valence-corrected chi connectivity index (χ0v) is 12.1. The van der Waals surface area contributed by atoms with Crippen molar-refractivity contribution in [3.05, 3.63) is 62.0 Å². The fourth-order valence-electron chi connectivity index (χ4n) is 1.51. The highest BCUT2D eigenvalue weighted by Crippen LogP contribution is 2.28. The molecular formula is C13H7BrCl2O2. The number of hydrogen-bond acceptors (Lipinski definition) is 2. The van der Waals surface area contributed by atoms with Gasteiger partial charge in [-0.05, 0) is 36.4 Å². The molecule has 2 aromatic carbocycles. The largest absolute Gasteiger partial charge is 0.508 e. The standard InChI is InChI=1S/C13H7BrCl2O2/c14-7-1-3-9(12(16)5-7)13(18)10-6-8(17)2-4-11(10)15/h1-6,17H. The van der Waals surface area contributed by atoms with E-state index in [1.165, 1.54) is 18.2 Å². The van der Waals surface area contributed by atoms with Gasteiger partial charge in [-0.15, -0.1) is 0 Å². The predicted molar refractivity (Wildman–Crippen MR) is 75.7 cm³/mol. The van der Waals surface area contributed by atoms with Crippen molar-refractivity contribution in [1.82, 2.24) is 0 Å². The lowest BCUT2D eigenvalue weighted by Gasteiger charge is -2.06. The van der Waals surface area contributed by atoms with Crippen molar-refractivity contribution in [2.75, 3.05) is 0 Å². The Morgan fingerprint density at radius 1 is 1.00 bits per heavy atom. The van der Waals surface area contributed by atoms with Crippen molar-refractivity contribution >= 4 is 44.9 Å². The second-order valence-electron chi connectivity index (χ2n) is 3.62. The number of halogens is 3. The zero-order chi connectivity index (χ0) is 13.3. The summed E-state index contributed by atoms with van der Waals surface area (Å²) in [5.74, 6) is -0.343. The molecule has 0 aliphatic carbocycles. The van der Waals surface area contributed by atoms with Crippen molar-refractivity contribution in [1.29, 1.82) is 0 Å². The van der Waals surface area contributed by atoms with Crippen LogP contribution in [0.25, 0.3) is 0 Å². The van der Waals surface area contributed by atoms with Crippen LogP contribution in [0.2, 0.25) is 10.0 Å². The van der Waals surface area contributed by atoms with E-state index in [1.54, 1.807) is 18.2 Å². The molecule has 0 spiro atoms. The van der Waals surface area contributed by atoms with Crippen LogP contribution in [0.1, 0.15) is 15.9 Å². The first-order chi connectivity index (χ1) is 8.49. The van der Waals surface area contributed by atoms with Gasteiger partial charge in [-0.1, -0.05) is 39.1 Å². The van der Waals surface area contributed by atoms with E-state index >= 15 is 0 Å². The third-order valence-corrected chi connectivity index (χ3v) is 3.51. The van der Waals surface area contributed by atoms with E-state index in [9.17, 15) is 9.90 Å². The number of carbonyl (C=O) groups is 1. The molecule has 0 heterocycles. The monoisotopic (exact) mass is 344 g/mol. The van der Waals surface area contributed by atoms with Gasteiger partial charge in [-0.25, -0.2) is 0 Å². The van der Waals surface area contributed by atoms with Crippen molar-refractivity contribution in [2.45, 2.75) is 0 Å². The second-order valence-corrected chi connectivity index (χ2v) is 5.35. The molecule has 0 fully saturated rings. The SMILES string of the molecule is O=C(c1ccc(Br)cc1Cl)c1cc(O)ccc1Cl. The van der Waals surface area contributed by atoms with E-state index in [1.807, 2.05) is 0 Å². The van der Waals surface area contributed by atoms with Gasteiger partial charge in [0.05, 0.1) is 10.0 Å². The maximum absolute atomic E-state index is 12.3.